The van der Waals surface area contributed by atoms with Crippen LogP contribution in [0.2, 0.25) is 0 Å². The van der Waals surface area contributed by atoms with E-state index >= 15 is 0 Å². The largest absolute Gasteiger partial charge is 0.308 e. The molecule has 0 atom stereocenters. The number of hydrogen-bond acceptors (Lipinski definition) is 5. The summed E-state index contributed by atoms with van der Waals surface area (Å²) in [6.07, 6.45) is 3.42. The second-order valence-electron chi connectivity index (χ2n) is 3.25. The number of halogens is 1. The van der Waals surface area contributed by atoms with Crippen LogP contribution < -0.4 is 11.3 Å². The van der Waals surface area contributed by atoms with Crippen molar-refractivity contribution < 1.29 is 0 Å². The molecule has 0 aliphatic carbocycles. The van der Waals surface area contributed by atoms with Crippen LogP contribution in [-0.2, 0) is 0 Å². The highest BCUT2D eigenvalue weighted by Gasteiger charge is 2.05. The molecule has 82 valence electrons. The van der Waals surface area contributed by atoms with E-state index in [4.69, 9.17) is 5.84 Å². The number of nitrogen functional groups attached to an aromatic ring is 1. The summed E-state index contributed by atoms with van der Waals surface area (Å²) < 4.78 is 0.886. The lowest BCUT2D eigenvalue weighted by molar-refractivity contribution is 1.09. The van der Waals surface area contributed by atoms with E-state index in [9.17, 15) is 0 Å². The molecule has 0 aliphatic heterocycles. The number of hydrazine groups is 1. The van der Waals surface area contributed by atoms with Crippen LogP contribution in [0.4, 0.5) is 5.82 Å². The molecule has 0 bridgehead atoms. The topological polar surface area (TPSA) is 76.7 Å². The molecule has 0 aromatic carbocycles. The maximum atomic E-state index is 5.33. The van der Waals surface area contributed by atoms with Crippen LogP contribution in [0.5, 0.6) is 0 Å². The lowest BCUT2D eigenvalue weighted by atomic mass is 10.2. The van der Waals surface area contributed by atoms with Gasteiger partial charge in [-0.3, -0.25) is 4.98 Å². The molecule has 2 aromatic heterocycles. The van der Waals surface area contributed by atoms with Gasteiger partial charge >= 0.3 is 0 Å². The van der Waals surface area contributed by atoms with Crippen molar-refractivity contribution in [2.24, 2.45) is 5.84 Å². The zero-order valence-electron chi connectivity index (χ0n) is 8.61. The fourth-order valence-electron chi connectivity index (χ4n) is 1.31. The molecule has 0 saturated heterocycles. The molecule has 0 amide bonds. The molecule has 0 radical (unpaired) electrons. The second-order valence-corrected chi connectivity index (χ2v) is 4.17. The first-order chi connectivity index (χ1) is 7.69. The summed E-state index contributed by atoms with van der Waals surface area (Å²) in [5.41, 5.74) is 4.20. The quantitative estimate of drug-likeness (QED) is 0.649. The van der Waals surface area contributed by atoms with E-state index in [1.165, 1.54) is 0 Å². The van der Waals surface area contributed by atoms with E-state index < -0.39 is 0 Å². The van der Waals surface area contributed by atoms with Crippen molar-refractivity contribution in [3.05, 3.63) is 34.7 Å². The number of rotatable bonds is 2. The summed E-state index contributed by atoms with van der Waals surface area (Å²) in [5, 5.41) is 0. The minimum absolute atomic E-state index is 0.586. The van der Waals surface area contributed by atoms with Crippen molar-refractivity contribution in [3.8, 4) is 11.4 Å². The molecule has 3 N–H and O–H groups in total. The Morgan fingerprint density at radius 1 is 1.25 bits per heavy atom. The number of hydrogen-bond donors (Lipinski definition) is 2. The average Bonchev–Trinajstić information content (AvgIpc) is 2.28. The van der Waals surface area contributed by atoms with Crippen LogP contribution in [0.1, 0.15) is 5.69 Å². The predicted octanol–water partition coefficient (Wildman–Crippen LogP) is 1.90. The molecule has 2 aromatic rings. The van der Waals surface area contributed by atoms with E-state index in [-0.39, 0.29) is 0 Å². The standard InChI is InChI=1S/C10H10BrN5/c1-6-2-9(16-12)15-10(14-6)7-3-8(11)5-13-4-7/h2-5H,12H2,1H3,(H,14,15,16). The highest BCUT2D eigenvalue weighted by molar-refractivity contribution is 9.10. The van der Waals surface area contributed by atoms with E-state index in [1.807, 2.05) is 13.0 Å². The van der Waals surface area contributed by atoms with Crippen LogP contribution >= 0.6 is 15.9 Å². The molecule has 0 aliphatic rings. The van der Waals surface area contributed by atoms with Crippen LogP contribution in [0.25, 0.3) is 11.4 Å². The number of anilines is 1. The van der Waals surface area contributed by atoms with Gasteiger partial charge in [0.15, 0.2) is 5.82 Å². The summed E-state index contributed by atoms with van der Waals surface area (Å²) in [5.74, 6) is 6.51. The molecule has 2 heterocycles. The number of nitrogens with zero attached hydrogens (tertiary/aromatic N) is 3. The molecule has 6 heteroatoms. The Morgan fingerprint density at radius 3 is 2.75 bits per heavy atom. The molecule has 2 rings (SSSR count). The van der Waals surface area contributed by atoms with Crippen LogP contribution in [0, 0.1) is 6.92 Å². The van der Waals surface area contributed by atoms with Gasteiger partial charge in [0.2, 0.25) is 0 Å². The van der Waals surface area contributed by atoms with E-state index in [2.05, 4.69) is 36.3 Å². The lowest BCUT2D eigenvalue weighted by Gasteiger charge is -2.05. The first kappa shape index (κ1) is 11.0. The Morgan fingerprint density at radius 2 is 2.06 bits per heavy atom. The van der Waals surface area contributed by atoms with Crippen LogP contribution in [0.3, 0.4) is 0 Å². The second kappa shape index (κ2) is 4.54. The highest BCUT2D eigenvalue weighted by atomic mass is 79.9. The van der Waals surface area contributed by atoms with Crippen LogP contribution in [0.15, 0.2) is 29.0 Å². The normalized spacial score (nSPS) is 10.2. The van der Waals surface area contributed by atoms with Gasteiger partial charge < -0.3 is 5.43 Å². The Bertz CT molecular complexity index is 514. The van der Waals surface area contributed by atoms with Gasteiger partial charge in [-0.15, -0.1) is 0 Å². The molecular weight excluding hydrogens is 270 g/mol. The van der Waals surface area contributed by atoms with E-state index in [1.54, 1.807) is 18.5 Å². The van der Waals surface area contributed by atoms with Gasteiger partial charge in [-0.2, -0.15) is 0 Å². The maximum Gasteiger partial charge on any atom is 0.163 e. The van der Waals surface area contributed by atoms with Gasteiger partial charge in [-0.05, 0) is 28.9 Å². The Balaban J connectivity index is 2.51. The minimum atomic E-state index is 0.586. The summed E-state index contributed by atoms with van der Waals surface area (Å²) in [6.45, 7) is 1.89. The van der Waals surface area contributed by atoms with Gasteiger partial charge in [0, 0.05) is 34.2 Å². The van der Waals surface area contributed by atoms with Gasteiger partial charge in [-0.25, -0.2) is 15.8 Å². The van der Waals surface area contributed by atoms with E-state index in [0.29, 0.717) is 11.6 Å². The zero-order chi connectivity index (χ0) is 11.5. The molecule has 0 spiro atoms. The molecule has 0 unspecified atom stereocenters. The van der Waals surface area contributed by atoms with Crippen molar-refractivity contribution in [2.75, 3.05) is 5.43 Å². The molecule has 0 fully saturated rings. The number of pyridine rings is 1. The van der Waals surface area contributed by atoms with Gasteiger partial charge in [0.05, 0.1) is 0 Å². The maximum absolute atomic E-state index is 5.33. The van der Waals surface area contributed by atoms with Gasteiger partial charge in [0.25, 0.3) is 0 Å². The van der Waals surface area contributed by atoms with E-state index in [0.717, 1.165) is 15.7 Å². The van der Waals surface area contributed by atoms with Crippen molar-refractivity contribution in [1.82, 2.24) is 15.0 Å². The minimum Gasteiger partial charge on any atom is -0.308 e. The first-order valence-electron chi connectivity index (χ1n) is 4.62. The Labute approximate surface area is 101 Å². The number of aryl methyl sites for hydroxylation is 1. The smallest absolute Gasteiger partial charge is 0.163 e. The average molecular weight is 280 g/mol. The summed E-state index contributed by atoms with van der Waals surface area (Å²) in [7, 11) is 0. The Kier molecular flexibility index (Phi) is 3.12. The molecular formula is C10H10BrN5. The fraction of sp³-hybridized carbons (Fsp3) is 0.100. The first-order valence-corrected chi connectivity index (χ1v) is 5.41. The lowest BCUT2D eigenvalue weighted by Crippen LogP contribution is -2.10. The number of aromatic nitrogens is 3. The molecule has 0 saturated carbocycles. The number of nitrogens with one attached hydrogen (secondary N) is 1. The highest BCUT2D eigenvalue weighted by Crippen LogP contribution is 2.19. The summed E-state index contributed by atoms with van der Waals surface area (Å²) >= 11 is 3.36. The van der Waals surface area contributed by atoms with Crippen molar-refractivity contribution in [1.29, 1.82) is 0 Å². The predicted molar refractivity (Wildman–Crippen MR) is 65.5 cm³/mol. The summed E-state index contributed by atoms with van der Waals surface area (Å²) in [4.78, 5) is 12.6. The van der Waals surface area contributed by atoms with Crippen LogP contribution in [-0.4, -0.2) is 15.0 Å². The zero-order valence-corrected chi connectivity index (χ0v) is 10.2. The van der Waals surface area contributed by atoms with Crippen molar-refractivity contribution in [2.45, 2.75) is 6.92 Å². The summed E-state index contributed by atoms with van der Waals surface area (Å²) in [6, 6.07) is 3.68. The SMILES string of the molecule is Cc1cc(NN)nc(-c2cncc(Br)c2)n1. The van der Waals surface area contributed by atoms with Gasteiger partial charge in [-0.1, -0.05) is 0 Å². The third kappa shape index (κ3) is 2.34. The number of nitrogens with two attached hydrogens (primary N) is 1. The van der Waals surface area contributed by atoms with Crippen molar-refractivity contribution >= 4 is 21.7 Å². The Hall–Kier alpha value is -1.53. The fourth-order valence-corrected chi connectivity index (χ4v) is 1.67. The molecule has 16 heavy (non-hydrogen) atoms. The molecule has 5 nitrogen and oxygen atoms in total. The third-order valence-electron chi connectivity index (χ3n) is 1.97. The third-order valence-corrected chi connectivity index (χ3v) is 2.40. The monoisotopic (exact) mass is 279 g/mol. The van der Waals surface area contributed by atoms with Crippen molar-refractivity contribution in [3.63, 3.8) is 0 Å². The van der Waals surface area contributed by atoms with Gasteiger partial charge in [0.1, 0.15) is 5.82 Å².